The third-order valence-corrected chi connectivity index (χ3v) is 3.32. The Balaban J connectivity index is 1.74. The summed E-state index contributed by atoms with van der Waals surface area (Å²) in [7, 11) is 0. The molecule has 2 unspecified atom stereocenters. The van der Waals surface area contributed by atoms with Crippen molar-refractivity contribution in [1.29, 1.82) is 0 Å². The Morgan fingerprint density at radius 2 is 2.21 bits per heavy atom. The molecule has 0 aromatic carbocycles. The highest BCUT2D eigenvalue weighted by atomic mass is 16.5. The van der Waals surface area contributed by atoms with Gasteiger partial charge in [-0.25, -0.2) is 0 Å². The molecule has 82 valence electrons. The van der Waals surface area contributed by atoms with E-state index in [1.165, 1.54) is 32.2 Å². The van der Waals surface area contributed by atoms with Crippen LogP contribution >= 0.6 is 0 Å². The monoisotopic (exact) mass is 198 g/mol. The van der Waals surface area contributed by atoms with Crippen molar-refractivity contribution in [2.24, 2.45) is 5.73 Å². The molecule has 0 radical (unpaired) electrons. The van der Waals surface area contributed by atoms with Crippen molar-refractivity contribution in [3.63, 3.8) is 0 Å². The third-order valence-electron chi connectivity index (χ3n) is 3.32. The fraction of sp³-hybridized carbons (Fsp3) is 1.00. The second-order valence-corrected chi connectivity index (χ2v) is 4.81. The first kappa shape index (κ1) is 10.4. The van der Waals surface area contributed by atoms with Gasteiger partial charge in [-0.15, -0.1) is 0 Å². The van der Waals surface area contributed by atoms with E-state index in [-0.39, 0.29) is 0 Å². The number of likely N-dealkylation sites (tertiary alicyclic amines) is 1. The lowest BCUT2D eigenvalue weighted by atomic mass is 10.1. The van der Waals surface area contributed by atoms with E-state index < -0.39 is 0 Å². The topological polar surface area (TPSA) is 38.5 Å². The van der Waals surface area contributed by atoms with Crippen LogP contribution in [0.3, 0.4) is 0 Å². The number of hydrogen-bond acceptors (Lipinski definition) is 3. The van der Waals surface area contributed by atoms with Crippen LogP contribution in [-0.4, -0.2) is 42.8 Å². The lowest BCUT2D eigenvalue weighted by molar-refractivity contribution is 0.0260. The minimum Gasteiger partial charge on any atom is -0.374 e. The maximum Gasteiger partial charge on any atom is 0.0706 e. The molecule has 2 N–H and O–H groups in total. The molecule has 0 aromatic heterocycles. The van der Waals surface area contributed by atoms with Crippen LogP contribution in [-0.2, 0) is 4.74 Å². The van der Waals surface area contributed by atoms with Crippen LogP contribution in [0.2, 0.25) is 0 Å². The number of rotatable bonds is 2. The number of piperidine rings is 1. The van der Waals surface area contributed by atoms with Crippen LogP contribution in [0.4, 0.5) is 0 Å². The van der Waals surface area contributed by atoms with Crippen LogP contribution in [0.5, 0.6) is 0 Å². The molecule has 14 heavy (non-hydrogen) atoms. The number of nitrogens with zero attached hydrogens (tertiary/aromatic N) is 1. The molecule has 2 aliphatic heterocycles. The minimum atomic E-state index is 0.391. The van der Waals surface area contributed by atoms with Crippen LogP contribution in [0, 0.1) is 0 Å². The molecule has 2 rings (SSSR count). The maximum absolute atomic E-state index is 5.94. The molecule has 2 saturated heterocycles. The Hall–Kier alpha value is -0.120. The summed E-state index contributed by atoms with van der Waals surface area (Å²) >= 11 is 0. The lowest BCUT2D eigenvalue weighted by Crippen LogP contribution is -2.45. The molecule has 3 atom stereocenters. The molecule has 3 nitrogen and oxygen atoms in total. The highest BCUT2D eigenvalue weighted by Crippen LogP contribution is 2.21. The second kappa shape index (κ2) is 4.60. The fourth-order valence-electron chi connectivity index (χ4n) is 2.56. The molecule has 2 aliphatic rings. The van der Waals surface area contributed by atoms with E-state index >= 15 is 0 Å². The summed E-state index contributed by atoms with van der Waals surface area (Å²) < 4.78 is 5.82. The van der Waals surface area contributed by atoms with Gasteiger partial charge in [0.05, 0.1) is 12.2 Å². The van der Waals surface area contributed by atoms with E-state index in [4.69, 9.17) is 10.5 Å². The zero-order chi connectivity index (χ0) is 9.97. The van der Waals surface area contributed by atoms with E-state index in [0.29, 0.717) is 18.2 Å². The predicted octanol–water partition coefficient (Wildman–Crippen LogP) is 0.977. The van der Waals surface area contributed by atoms with Crippen LogP contribution in [0.25, 0.3) is 0 Å². The SMILES string of the molecule is CC1CCC(CN2CCC[C@@H](N)C2)O1. The first-order valence-electron chi connectivity index (χ1n) is 5.87. The number of hydrogen-bond donors (Lipinski definition) is 1. The van der Waals surface area contributed by atoms with Gasteiger partial charge in [0.1, 0.15) is 0 Å². The molecular weight excluding hydrogens is 176 g/mol. The van der Waals surface area contributed by atoms with E-state index in [0.717, 1.165) is 13.1 Å². The Bertz CT molecular complexity index is 186. The second-order valence-electron chi connectivity index (χ2n) is 4.81. The first-order valence-corrected chi connectivity index (χ1v) is 5.87. The highest BCUT2D eigenvalue weighted by molar-refractivity contribution is 4.79. The number of nitrogens with two attached hydrogens (primary N) is 1. The smallest absolute Gasteiger partial charge is 0.0706 e. The van der Waals surface area contributed by atoms with Crippen LogP contribution in [0.15, 0.2) is 0 Å². The molecule has 0 spiro atoms. The van der Waals surface area contributed by atoms with Crippen molar-refractivity contribution in [3.8, 4) is 0 Å². The Morgan fingerprint density at radius 3 is 2.86 bits per heavy atom. The van der Waals surface area contributed by atoms with E-state index in [2.05, 4.69) is 11.8 Å². The van der Waals surface area contributed by atoms with Gasteiger partial charge in [-0.2, -0.15) is 0 Å². The number of ether oxygens (including phenoxy) is 1. The Labute approximate surface area is 86.6 Å². The van der Waals surface area contributed by atoms with Gasteiger partial charge >= 0.3 is 0 Å². The van der Waals surface area contributed by atoms with Crippen molar-refractivity contribution in [2.75, 3.05) is 19.6 Å². The molecule has 3 heteroatoms. The van der Waals surface area contributed by atoms with Crippen molar-refractivity contribution in [1.82, 2.24) is 4.90 Å². The van der Waals surface area contributed by atoms with Crippen molar-refractivity contribution < 1.29 is 4.74 Å². The summed E-state index contributed by atoms with van der Waals surface area (Å²) in [5.41, 5.74) is 5.94. The standard InChI is InChI=1S/C11H22N2O/c1-9-4-5-11(14-9)8-13-6-2-3-10(12)7-13/h9-11H,2-8,12H2,1H3/t9?,10-,11?/m1/s1. The van der Waals surface area contributed by atoms with E-state index in [9.17, 15) is 0 Å². The molecule has 0 aromatic rings. The average Bonchev–Trinajstić information content (AvgIpc) is 2.51. The zero-order valence-electron chi connectivity index (χ0n) is 9.11. The quantitative estimate of drug-likeness (QED) is 0.719. The minimum absolute atomic E-state index is 0.391. The first-order chi connectivity index (χ1) is 6.74. The Kier molecular flexibility index (Phi) is 3.42. The molecule has 0 bridgehead atoms. The molecule has 0 aliphatic carbocycles. The summed E-state index contributed by atoms with van der Waals surface area (Å²) in [5.74, 6) is 0. The van der Waals surface area contributed by atoms with E-state index in [1.54, 1.807) is 0 Å². The zero-order valence-corrected chi connectivity index (χ0v) is 9.11. The summed E-state index contributed by atoms with van der Waals surface area (Å²) in [6.07, 6.45) is 5.84. The predicted molar refractivity (Wildman–Crippen MR) is 57.2 cm³/mol. The van der Waals surface area contributed by atoms with E-state index in [1.807, 2.05) is 0 Å². The molecule has 2 fully saturated rings. The van der Waals surface area contributed by atoms with Gasteiger partial charge in [0, 0.05) is 19.1 Å². The summed E-state index contributed by atoms with van der Waals surface area (Å²) in [4.78, 5) is 2.47. The van der Waals surface area contributed by atoms with Gasteiger partial charge in [-0.05, 0) is 39.2 Å². The van der Waals surface area contributed by atoms with Crippen LogP contribution in [0.1, 0.15) is 32.6 Å². The van der Waals surface area contributed by atoms with Gasteiger partial charge in [-0.3, -0.25) is 4.90 Å². The Morgan fingerprint density at radius 1 is 1.36 bits per heavy atom. The molecule has 0 saturated carbocycles. The maximum atomic E-state index is 5.94. The average molecular weight is 198 g/mol. The van der Waals surface area contributed by atoms with Gasteiger partial charge in [0.2, 0.25) is 0 Å². The summed E-state index contributed by atoms with van der Waals surface area (Å²) in [6, 6.07) is 0.391. The molecule has 0 amide bonds. The van der Waals surface area contributed by atoms with Gasteiger partial charge in [0.15, 0.2) is 0 Å². The molecule has 2 heterocycles. The molecular formula is C11H22N2O. The van der Waals surface area contributed by atoms with Crippen LogP contribution < -0.4 is 5.73 Å². The normalized spacial score (nSPS) is 40.3. The van der Waals surface area contributed by atoms with Gasteiger partial charge in [0.25, 0.3) is 0 Å². The fourth-order valence-corrected chi connectivity index (χ4v) is 2.56. The summed E-state index contributed by atoms with van der Waals surface area (Å²) in [5, 5.41) is 0. The van der Waals surface area contributed by atoms with Crippen molar-refractivity contribution in [3.05, 3.63) is 0 Å². The van der Waals surface area contributed by atoms with Gasteiger partial charge < -0.3 is 10.5 Å². The highest BCUT2D eigenvalue weighted by Gasteiger charge is 2.25. The van der Waals surface area contributed by atoms with Crippen molar-refractivity contribution >= 4 is 0 Å². The van der Waals surface area contributed by atoms with Gasteiger partial charge in [-0.1, -0.05) is 0 Å². The largest absolute Gasteiger partial charge is 0.374 e. The third kappa shape index (κ3) is 2.69. The van der Waals surface area contributed by atoms with Crippen molar-refractivity contribution in [2.45, 2.75) is 50.9 Å². The lowest BCUT2D eigenvalue weighted by Gasteiger charge is -2.32. The summed E-state index contributed by atoms with van der Waals surface area (Å²) in [6.45, 7) is 5.54.